The molecule has 1 unspecified atom stereocenters. The maximum absolute atomic E-state index is 11.2. The van der Waals surface area contributed by atoms with E-state index in [1.54, 1.807) is 12.4 Å². The fraction of sp³-hybridized carbons (Fsp3) is 0.455. The second-order valence-electron chi connectivity index (χ2n) is 3.95. The minimum absolute atomic E-state index is 0. The van der Waals surface area contributed by atoms with Crippen LogP contribution in [-0.2, 0) is 11.2 Å². The van der Waals surface area contributed by atoms with Crippen molar-refractivity contribution in [1.29, 1.82) is 0 Å². The largest absolute Gasteiger partial charge is 0.480 e. The van der Waals surface area contributed by atoms with Crippen molar-refractivity contribution >= 4 is 30.8 Å². The van der Waals surface area contributed by atoms with Gasteiger partial charge in [0.1, 0.15) is 5.54 Å². The number of carboxylic acid groups (broad SMARTS) is 1. The summed E-state index contributed by atoms with van der Waals surface area (Å²) in [6.07, 6.45) is 5.55. The summed E-state index contributed by atoms with van der Waals surface area (Å²) in [6, 6.07) is 3.73. The Morgan fingerprint density at radius 3 is 2.53 bits per heavy atom. The Hall–Kier alpha value is -0.840. The molecule has 2 heterocycles. The van der Waals surface area contributed by atoms with E-state index in [0.717, 1.165) is 18.5 Å². The number of nitrogens with zero attached hydrogens (tertiary/aromatic N) is 1. The van der Waals surface area contributed by atoms with E-state index >= 15 is 0 Å². The number of rotatable bonds is 3. The predicted molar refractivity (Wildman–Crippen MR) is 70.0 cm³/mol. The average Bonchev–Trinajstić information content (AvgIpc) is 2.69. The summed E-state index contributed by atoms with van der Waals surface area (Å²) < 4.78 is 0. The van der Waals surface area contributed by atoms with E-state index < -0.39 is 11.5 Å². The average molecular weight is 279 g/mol. The molecule has 1 atom stereocenters. The second kappa shape index (κ2) is 6.79. The first-order chi connectivity index (χ1) is 7.23. The molecule has 17 heavy (non-hydrogen) atoms. The van der Waals surface area contributed by atoms with Crippen molar-refractivity contribution in [2.75, 3.05) is 6.54 Å². The van der Waals surface area contributed by atoms with Crippen molar-refractivity contribution in [3.05, 3.63) is 30.1 Å². The molecule has 0 bridgehead atoms. The first-order valence-corrected chi connectivity index (χ1v) is 5.10. The number of carbonyl (C=O) groups is 1. The normalized spacial score (nSPS) is 22.4. The number of aromatic nitrogens is 1. The summed E-state index contributed by atoms with van der Waals surface area (Å²) in [7, 11) is 0. The number of aliphatic carboxylic acids is 1. The molecule has 4 nitrogen and oxygen atoms in total. The number of pyridine rings is 1. The molecule has 6 heteroatoms. The van der Waals surface area contributed by atoms with Crippen LogP contribution in [0.2, 0.25) is 0 Å². The number of hydrogen-bond acceptors (Lipinski definition) is 3. The van der Waals surface area contributed by atoms with E-state index in [1.807, 2.05) is 12.1 Å². The van der Waals surface area contributed by atoms with Crippen molar-refractivity contribution in [2.45, 2.75) is 24.8 Å². The molecule has 2 N–H and O–H groups in total. The number of carboxylic acids is 1. The molecule has 1 fully saturated rings. The van der Waals surface area contributed by atoms with Gasteiger partial charge in [-0.2, -0.15) is 0 Å². The molecule has 0 saturated carbocycles. The molecule has 1 aliphatic heterocycles. The second-order valence-corrected chi connectivity index (χ2v) is 3.95. The van der Waals surface area contributed by atoms with Crippen molar-refractivity contribution in [3.63, 3.8) is 0 Å². The van der Waals surface area contributed by atoms with E-state index in [-0.39, 0.29) is 24.8 Å². The van der Waals surface area contributed by atoms with Crippen LogP contribution < -0.4 is 5.32 Å². The predicted octanol–water partition coefficient (Wildman–Crippen LogP) is 1.67. The van der Waals surface area contributed by atoms with Crippen molar-refractivity contribution < 1.29 is 9.90 Å². The number of hydrogen-bond donors (Lipinski definition) is 2. The Balaban J connectivity index is 0.00000128. The minimum Gasteiger partial charge on any atom is -0.480 e. The van der Waals surface area contributed by atoms with Crippen LogP contribution in [0.3, 0.4) is 0 Å². The molecule has 96 valence electrons. The van der Waals surface area contributed by atoms with Gasteiger partial charge in [-0.1, -0.05) is 0 Å². The van der Waals surface area contributed by atoms with Crippen molar-refractivity contribution in [1.82, 2.24) is 10.3 Å². The Bertz CT molecular complexity index is 354. The Morgan fingerprint density at radius 2 is 2.06 bits per heavy atom. The van der Waals surface area contributed by atoms with E-state index in [0.29, 0.717) is 12.8 Å². The highest BCUT2D eigenvalue weighted by Crippen LogP contribution is 2.24. The van der Waals surface area contributed by atoms with Gasteiger partial charge in [0.15, 0.2) is 0 Å². The van der Waals surface area contributed by atoms with E-state index in [9.17, 15) is 9.90 Å². The topological polar surface area (TPSA) is 62.2 Å². The van der Waals surface area contributed by atoms with Gasteiger partial charge in [0.2, 0.25) is 0 Å². The zero-order valence-corrected chi connectivity index (χ0v) is 10.9. The highest BCUT2D eigenvalue weighted by Gasteiger charge is 2.40. The van der Waals surface area contributed by atoms with Crippen LogP contribution in [0, 0.1) is 0 Å². The molecule has 0 aromatic carbocycles. The first kappa shape index (κ1) is 16.2. The van der Waals surface area contributed by atoms with Gasteiger partial charge in [0, 0.05) is 18.8 Å². The lowest BCUT2D eigenvalue weighted by Crippen LogP contribution is -2.49. The fourth-order valence-electron chi connectivity index (χ4n) is 2.06. The molecule has 1 aromatic rings. The first-order valence-electron chi connectivity index (χ1n) is 5.10. The summed E-state index contributed by atoms with van der Waals surface area (Å²) >= 11 is 0. The summed E-state index contributed by atoms with van der Waals surface area (Å²) in [4.78, 5) is 15.2. The van der Waals surface area contributed by atoms with Gasteiger partial charge in [0.05, 0.1) is 0 Å². The van der Waals surface area contributed by atoms with Crippen LogP contribution in [0.25, 0.3) is 0 Å². The van der Waals surface area contributed by atoms with Gasteiger partial charge >= 0.3 is 5.97 Å². The standard InChI is InChI=1S/C11H14N2O2.2ClH/c14-10(15)11(4-1-5-13-11)8-9-2-6-12-7-3-9;;/h2-3,6-7,13H,1,4-5,8H2,(H,14,15);2*1H. The molecule has 1 aliphatic rings. The third kappa shape index (κ3) is 3.56. The molecule has 2 rings (SSSR count). The smallest absolute Gasteiger partial charge is 0.324 e. The SMILES string of the molecule is Cl.Cl.O=C(O)C1(Cc2ccncc2)CCCN1. The third-order valence-electron chi connectivity index (χ3n) is 2.91. The summed E-state index contributed by atoms with van der Waals surface area (Å²) in [5.41, 5.74) is 0.253. The Morgan fingerprint density at radius 1 is 1.41 bits per heavy atom. The summed E-state index contributed by atoms with van der Waals surface area (Å²) in [5, 5.41) is 12.3. The lowest BCUT2D eigenvalue weighted by atomic mass is 9.90. The van der Waals surface area contributed by atoms with Gasteiger partial charge in [-0.15, -0.1) is 24.8 Å². The van der Waals surface area contributed by atoms with Crippen molar-refractivity contribution in [2.24, 2.45) is 0 Å². The van der Waals surface area contributed by atoms with Crippen molar-refractivity contribution in [3.8, 4) is 0 Å². The number of nitrogens with one attached hydrogen (secondary N) is 1. The third-order valence-corrected chi connectivity index (χ3v) is 2.91. The molecule has 1 aromatic heterocycles. The molecule has 0 spiro atoms. The maximum Gasteiger partial charge on any atom is 0.324 e. The van der Waals surface area contributed by atoms with Crippen LogP contribution in [-0.4, -0.2) is 28.1 Å². The van der Waals surface area contributed by atoms with Crippen LogP contribution in [0.5, 0.6) is 0 Å². The van der Waals surface area contributed by atoms with Gasteiger partial charge in [-0.05, 0) is 37.1 Å². The minimum atomic E-state index is -0.763. The monoisotopic (exact) mass is 278 g/mol. The highest BCUT2D eigenvalue weighted by molar-refractivity contribution is 5.85. The van der Waals surface area contributed by atoms with Crippen LogP contribution in [0.4, 0.5) is 0 Å². The Kier molecular flexibility index (Phi) is 6.45. The van der Waals surface area contributed by atoms with Crippen LogP contribution in [0.1, 0.15) is 18.4 Å². The zero-order chi connectivity index (χ0) is 10.7. The van der Waals surface area contributed by atoms with E-state index in [1.165, 1.54) is 0 Å². The maximum atomic E-state index is 11.2. The summed E-state index contributed by atoms with van der Waals surface area (Å²) in [6.45, 7) is 0.789. The lowest BCUT2D eigenvalue weighted by molar-refractivity contribution is -0.144. The quantitative estimate of drug-likeness (QED) is 0.883. The summed E-state index contributed by atoms with van der Waals surface area (Å²) in [5.74, 6) is -0.753. The van der Waals surface area contributed by atoms with Gasteiger partial charge in [-0.3, -0.25) is 9.78 Å². The molecule has 0 amide bonds. The molecule has 0 aliphatic carbocycles. The van der Waals surface area contributed by atoms with Crippen LogP contribution in [0.15, 0.2) is 24.5 Å². The van der Waals surface area contributed by atoms with Crippen LogP contribution >= 0.6 is 24.8 Å². The molecular formula is C11H16Cl2N2O2. The molecular weight excluding hydrogens is 263 g/mol. The van der Waals surface area contributed by atoms with E-state index in [4.69, 9.17) is 0 Å². The zero-order valence-electron chi connectivity index (χ0n) is 9.26. The van der Waals surface area contributed by atoms with Gasteiger partial charge in [0.25, 0.3) is 0 Å². The molecule has 0 radical (unpaired) electrons. The molecule has 1 saturated heterocycles. The Labute approximate surface area is 113 Å². The van der Waals surface area contributed by atoms with E-state index in [2.05, 4.69) is 10.3 Å². The fourth-order valence-corrected chi connectivity index (χ4v) is 2.06. The van der Waals surface area contributed by atoms with Gasteiger partial charge < -0.3 is 10.4 Å². The van der Waals surface area contributed by atoms with Gasteiger partial charge in [-0.25, -0.2) is 0 Å². The number of halogens is 2. The highest BCUT2D eigenvalue weighted by atomic mass is 35.5. The lowest BCUT2D eigenvalue weighted by Gasteiger charge is -2.24.